The largest absolute Gasteiger partial charge is 0.460 e. The zero-order valence-corrected chi connectivity index (χ0v) is 12.2. The molecule has 1 aliphatic carbocycles. The van der Waals surface area contributed by atoms with Gasteiger partial charge in [-0.15, -0.1) is 0 Å². The molecule has 3 nitrogen and oxygen atoms in total. The minimum atomic E-state index is -0.161. The first-order chi connectivity index (χ1) is 9.06. The van der Waals surface area contributed by atoms with E-state index in [1.54, 1.807) is 0 Å². The summed E-state index contributed by atoms with van der Waals surface area (Å²) in [7, 11) is 0. The first-order valence-electron chi connectivity index (χ1n) is 7.35. The van der Waals surface area contributed by atoms with E-state index >= 15 is 0 Å². The van der Waals surface area contributed by atoms with E-state index in [0.29, 0.717) is 23.8 Å². The maximum atomic E-state index is 11.7. The van der Waals surface area contributed by atoms with Crippen LogP contribution in [0.4, 0.5) is 0 Å². The fourth-order valence-corrected chi connectivity index (χ4v) is 3.51. The number of hydrogen-bond donors (Lipinski definition) is 1. The third kappa shape index (κ3) is 4.22. The van der Waals surface area contributed by atoms with Crippen molar-refractivity contribution >= 4 is 17.6 Å². The van der Waals surface area contributed by atoms with Crippen molar-refractivity contribution in [2.45, 2.75) is 63.5 Å². The number of carbonyl (C=O) groups excluding carboxylic acids is 1. The monoisotopic (exact) mass is 285 g/mol. The van der Waals surface area contributed by atoms with Gasteiger partial charge in [0.15, 0.2) is 0 Å². The van der Waals surface area contributed by atoms with Crippen molar-refractivity contribution in [3.63, 3.8) is 0 Å². The van der Waals surface area contributed by atoms with Crippen molar-refractivity contribution in [3.8, 4) is 0 Å². The predicted octanol–water partition coefficient (Wildman–Crippen LogP) is 3.36. The van der Waals surface area contributed by atoms with E-state index in [0.717, 1.165) is 6.42 Å². The van der Waals surface area contributed by atoms with Gasteiger partial charge in [-0.05, 0) is 25.2 Å². The normalized spacial score (nSPS) is 30.1. The molecular formula is C15H24ClNO2. The van der Waals surface area contributed by atoms with Crippen LogP contribution in [0.1, 0.15) is 51.4 Å². The molecule has 2 rings (SSSR count). The second kappa shape index (κ2) is 6.76. The van der Waals surface area contributed by atoms with Crippen molar-refractivity contribution in [1.82, 2.24) is 0 Å². The SMILES string of the molecule is C=C(Cl)CC1C[C@@H](C(N)CC2CCCCC2)OC1=O. The maximum absolute atomic E-state index is 11.7. The molecule has 4 heteroatoms. The maximum Gasteiger partial charge on any atom is 0.309 e. The quantitative estimate of drug-likeness (QED) is 0.788. The molecule has 0 aromatic rings. The Morgan fingerprint density at radius 2 is 2.11 bits per heavy atom. The summed E-state index contributed by atoms with van der Waals surface area (Å²) in [4.78, 5) is 11.7. The highest BCUT2D eigenvalue weighted by atomic mass is 35.5. The molecule has 1 aliphatic heterocycles. The van der Waals surface area contributed by atoms with E-state index in [4.69, 9.17) is 22.1 Å². The van der Waals surface area contributed by atoms with Gasteiger partial charge >= 0.3 is 5.97 Å². The van der Waals surface area contributed by atoms with Crippen LogP contribution in [0.15, 0.2) is 11.6 Å². The summed E-state index contributed by atoms with van der Waals surface area (Å²) < 4.78 is 5.41. The van der Waals surface area contributed by atoms with E-state index in [1.807, 2.05) is 0 Å². The number of carbonyl (C=O) groups is 1. The average Bonchev–Trinajstić information content (AvgIpc) is 2.71. The van der Waals surface area contributed by atoms with E-state index in [2.05, 4.69) is 6.58 Å². The summed E-state index contributed by atoms with van der Waals surface area (Å²) in [6.07, 6.45) is 8.58. The number of rotatable bonds is 5. The smallest absolute Gasteiger partial charge is 0.309 e. The Labute approximate surface area is 120 Å². The Morgan fingerprint density at radius 1 is 1.42 bits per heavy atom. The molecule has 2 N–H and O–H groups in total. The Morgan fingerprint density at radius 3 is 2.74 bits per heavy atom. The lowest BCUT2D eigenvalue weighted by molar-refractivity contribution is -0.145. The van der Waals surface area contributed by atoms with Gasteiger partial charge in [0.2, 0.25) is 0 Å². The highest BCUT2D eigenvalue weighted by Crippen LogP contribution is 2.33. The second-order valence-corrected chi connectivity index (χ2v) is 6.57. The van der Waals surface area contributed by atoms with Gasteiger partial charge in [-0.1, -0.05) is 50.3 Å². The van der Waals surface area contributed by atoms with Crippen LogP contribution in [0, 0.1) is 11.8 Å². The number of nitrogens with two attached hydrogens (primary N) is 1. The van der Waals surface area contributed by atoms with Gasteiger partial charge in [0.1, 0.15) is 6.10 Å². The molecule has 19 heavy (non-hydrogen) atoms. The van der Waals surface area contributed by atoms with Crippen LogP contribution in [0.3, 0.4) is 0 Å². The first-order valence-corrected chi connectivity index (χ1v) is 7.73. The topological polar surface area (TPSA) is 52.3 Å². The number of allylic oxidation sites excluding steroid dienone is 1. The van der Waals surface area contributed by atoms with E-state index < -0.39 is 0 Å². The summed E-state index contributed by atoms with van der Waals surface area (Å²) in [6.45, 7) is 3.64. The molecule has 108 valence electrons. The van der Waals surface area contributed by atoms with Gasteiger partial charge in [-0.2, -0.15) is 0 Å². The van der Waals surface area contributed by atoms with Gasteiger partial charge in [-0.3, -0.25) is 4.79 Å². The van der Waals surface area contributed by atoms with Crippen LogP contribution >= 0.6 is 11.6 Å². The number of hydrogen-bond acceptors (Lipinski definition) is 3. The lowest BCUT2D eigenvalue weighted by Gasteiger charge is -2.26. The Hall–Kier alpha value is -0.540. The number of esters is 1. The Kier molecular flexibility index (Phi) is 5.28. The zero-order valence-electron chi connectivity index (χ0n) is 11.4. The number of ether oxygens (including phenoxy) is 1. The summed E-state index contributed by atoms with van der Waals surface area (Å²) in [5.74, 6) is 0.405. The summed E-state index contributed by atoms with van der Waals surface area (Å²) in [6, 6.07) is -0.0272. The van der Waals surface area contributed by atoms with Gasteiger partial charge in [0.25, 0.3) is 0 Å². The van der Waals surface area contributed by atoms with E-state index in [9.17, 15) is 4.79 Å². The van der Waals surface area contributed by atoms with Crippen molar-refractivity contribution in [2.24, 2.45) is 17.6 Å². The molecule has 2 aliphatic rings. The Balaban J connectivity index is 1.81. The van der Waals surface area contributed by atoms with E-state index in [-0.39, 0.29) is 24.0 Å². The fourth-order valence-electron chi connectivity index (χ4n) is 3.33. The van der Waals surface area contributed by atoms with Crippen LogP contribution < -0.4 is 5.73 Å². The second-order valence-electron chi connectivity index (χ2n) is 6.03. The molecule has 1 saturated heterocycles. The predicted molar refractivity (Wildman–Crippen MR) is 76.8 cm³/mol. The van der Waals surface area contributed by atoms with E-state index in [1.165, 1.54) is 32.1 Å². The lowest BCUT2D eigenvalue weighted by atomic mass is 9.83. The molecule has 0 bridgehead atoms. The van der Waals surface area contributed by atoms with Crippen LogP contribution in [-0.2, 0) is 9.53 Å². The standard InChI is InChI=1S/C15H24ClNO2/c1-10(16)7-12-9-14(19-15(12)18)13(17)8-11-5-3-2-4-6-11/h11-14H,1-9,17H2/t12?,13?,14-/m0/s1. The highest BCUT2D eigenvalue weighted by molar-refractivity contribution is 6.29. The molecule has 3 atom stereocenters. The third-order valence-electron chi connectivity index (χ3n) is 4.39. The third-order valence-corrected chi connectivity index (χ3v) is 4.55. The molecule has 0 aromatic carbocycles. The molecule has 0 spiro atoms. The van der Waals surface area contributed by atoms with Crippen LogP contribution in [0.5, 0.6) is 0 Å². The molecule has 0 amide bonds. The molecular weight excluding hydrogens is 262 g/mol. The highest BCUT2D eigenvalue weighted by Gasteiger charge is 2.38. The molecule has 2 unspecified atom stereocenters. The minimum Gasteiger partial charge on any atom is -0.460 e. The molecule has 1 heterocycles. The molecule has 1 saturated carbocycles. The van der Waals surface area contributed by atoms with Crippen molar-refractivity contribution < 1.29 is 9.53 Å². The molecule has 0 aromatic heterocycles. The van der Waals surface area contributed by atoms with Crippen molar-refractivity contribution in [3.05, 3.63) is 11.6 Å². The lowest BCUT2D eigenvalue weighted by Crippen LogP contribution is -2.36. The molecule has 2 fully saturated rings. The fraction of sp³-hybridized carbons (Fsp3) is 0.800. The summed E-state index contributed by atoms with van der Waals surface area (Å²) in [5.41, 5.74) is 6.23. The van der Waals surface area contributed by atoms with Gasteiger partial charge in [0.05, 0.1) is 5.92 Å². The summed E-state index contributed by atoms with van der Waals surface area (Å²) in [5, 5.41) is 0.517. The van der Waals surface area contributed by atoms with Crippen LogP contribution in [-0.4, -0.2) is 18.1 Å². The minimum absolute atomic E-state index is 0.0272. The zero-order chi connectivity index (χ0) is 13.8. The molecule has 0 radical (unpaired) electrons. The number of halogens is 1. The first kappa shape index (κ1) is 14.9. The van der Waals surface area contributed by atoms with Gasteiger partial charge in [-0.25, -0.2) is 0 Å². The van der Waals surface area contributed by atoms with Crippen molar-refractivity contribution in [1.29, 1.82) is 0 Å². The van der Waals surface area contributed by atoms with Crippen LogP contribution in [0.25, 0.3) is 0 Å². The average molecular weight is 286 g/mol. The summed E-state index contributed by atoms with van der Waals surface area (Å²) >= 11 is 5.77. The van der Waals surface area contributed by atoms with Gasteiger partial charge < -0.3 is 10.5 Å². The Bertz CT molecular complexity index is 339. The van der Waals surface area contributed by atoms with Gasteiger partial charge in [0, 0.05) is 11.1 Å². The number of cyclic esters (lactones) is 1. The van der Waals surface area contributed by atoms with Crippen molar-refractivity contribution in [2.75, 3.05) is 0 Å². The van der Waals surface area contributed by atoms with Crippen LogP contribution in [0.2, 0.25) is 0 Å².